The van der Waals surface area contributed by atoms with Crippen molar-refractivity contribution in [3.8, 4) is 11.4 Å². The fourth-order valence-corrected chi connectivity index (χ4v) is 1.70. The van der Waals surface area contributed by atoms with E-state index in [1.54, 1.807) is 0 Å². The van der Waals surface area contributed by atoms with Gasteiger partial charge in [-0.25, -0.2) is 0 Å². The lowest BCUT2D eigenvalue weighted by molar-refractivity contribution is -0.137. The van der Waals surface area contributed by atoms with Crippen LogP contribution in [-0.2, 0) is 12.6 Å². The van der Waals surface area contributed by atoms with Crippen LogP contribution in [0.4, 0.5) is 13.2 Å². The molecule has 1 aromatic carbocycles. The molecule has 2 rings (SSSR count). The van der Waals surface area contributed by atoms with Crippen LogP contribution in [0.1, 0.15) is 24.3 Å². The smallest absolute Gasteiger partial charge is 0.396 e. The van der Waals surface area contributed by atoms with Gasteiger partial charge < -0.3 is 9.63 Å². The molecule has 1 heterocycles. The molecule has 2 aromatic rings. The van der Waals surface area contributed by atoms with Crippen molar-refractivity contribution in [3.63, 3.8) is 0 Å². The molecule has 20 heavy (non-hydrogen) atoms. The fourth-order valence-electron chi connectivity index (χ4n) is 1.70. The SMILES string of the molecule is OCCCCc1nc(-c2cccc(C(F)(F)F)c2)no1. The molecule has 0 amide bonds. The fraction of sp³-hybridized carbons (Fsp3) is 0.385. The molecule has 0 aliphatic heterocycles. The Balaban J connectivity index is 2.16. The van der Waals surface area contributed by atoms with Crippen molar-refractivity contribution in [1.82, 2.24) is 10.1 Å². The molecule has 0 aliphatic rings. The van der Waals surface area contributed by atoms with E-state index in [4.69, 9.17) is 9.63 Å². The highest BCUT2D eigenvalue weighted by atomic mass is 19.4. The van der Waals surface area contributed by atoms with Crippen molar-refractivity contribution < 1.29 is 22.8 Å². The van der Waals surface area contributed by atoms with Gasteiger partial charge in [0.2, 0.25) is 11.7 Å². The van der Waals surface area contributed by atoms with Crippen molar-refractivity contribution in [3.05, 3.63) is 35.7 Å². The van der Waals surface area contributed by atoms with Gasteiger partial charge in [0.15, 0.2) is 0 Å². The van der Waals surface area contributed by atoms with Gasteiger partial charge >= 0.3 is 6.18 Å². The van der Waals surface area contributed by atoms with Gasteiger partial charge in [-0.15, -0.1) is 0 Å². The summed E-state index contributed by atoms with van der Waals surface area (Å²) in [5.74, 6) is 0.487. The van der Waals surface area contributed by atoms with E-state index in [1.807, 2.05) is 0 Å². The monoisotopic (exact) mass is 286 g/mol. The van der Waals surface area contributed by atoms with Gasteiger partial charge in [0.05, 0.1) is 5.56 Å². The summed E-state index contributed by atoms with van der Waals surface area (Å²) in [5.41, 5.74) is -0.487. The molecule has 0 fully saturated rings. The van der Waals surface area contributed by atoms with E-state index in [1.165, 1.54) is 12.1 Å². The molecule has 0 unspecified atom stereocenters. The summed E-state index contributed by atoms with van der Waals surface area (Å²) in [6.45, 7) is 0.0780. The van der Waals surface area contributed by atoms with Crippen LogP contribution in [0.15, 0.2) is 28.8 Å². The number of unbranched alkanes of at least 4 members (excludes halogenated alkanes) is 1. The average Bonchev–Trinajstić information content (AvgIpc) is 2.87. The normalized spacial score (nSPS) is 11.8. The van der Waals surface area contributed by atoms with E-state index in [0.29, 0.717) is 25.2 Å². The predicted molar refractivity (Wildman–Crippen MR) is 64.8 cm³/mol. The maximum Gasteiger partial charge on any atom is 0.416 e. The second kappa shape index (κ2) is 6.04. The van der Waals surface area contributed by atoms with Gasteiger partial charge in [0, 0.05) is 18.6 Å². The third-order valence-electron chi connectivity index (χ3n) is 2.71. The van der Waals surface area contributed by atoms with E-state index in [9.17, 15) is 13.2 Å². The van der Waals surface area contributed by atoms with Crippen LogP contribution in [0, 0.1) is 0 Å². The number of aliphatic hydroxyl groups excluding tert-OH is 1. The predicted octanol–water partition coefficient (Wildman–Crippen LogP) is 3.07. The minimum Gasteiger partial charge on any atom is -0.396 e. The van der Waals surface area contributed by atoms with E-state index in [0.717, 1.165) is 12.1 Å². The number of nitrogens with zero attached hydrogens (tertiary/aromatic N) is 2. The molecule has 0 saturated carbocycles. The zero-order valence-electron chi connectivity index (χ0n) is 10.5. The van der Waals surface area contributed by atoms with Crippen LogP contribution < -0.4 is 0 Å². The first-order valence-electron chi connectivity index (χ1n) is 6.12. The van der Waals surface area contributed by atoms with E-state index in [-0.39, 0.29) is 18.0 Å². The van der Waals surface area contributed by atoms with E-state index >= 15 is 0 Å². The van der Waals surface area contributed by atoms with Gasteiger partial charge in [-0.05, 0) is 25.0 Å². The molecule has 0 spiro atoms. The Morgan fingerprint density at radius 1 is 1.20 bits per heavy atom. The van der Waals surface area contributed by atoms with Gasteiger partial charge in [-0.3, -0.25) is 0 Å². The topological polar surface area (TPSA) is 59.2 Å². The zero-order chi connectivity index (χ0) is 14.6. The number of halogens is 3. The molecule has 4 nitrogen and oxygen atoms in total. The maximum atomic E-state index is 12.6. The summed E-state index contributed by atoms with van der Waals surface area (Å²) in [7, 11) is 0. The summed E-state index contributed by atoms with van der Waals surface area (Å²) in [4.78, 5) is 4.05. The van der Waals surface area contributed by atoms with Crippen LogP contribution >= 0.6 is 0 Å². The summed E-state index contributed by atoms with van der Waals surface area (Å²) in [6, 6.07) is 4.78. The lowest BCUT2D eigenvalue weighted by Gasteiger charge is -2.06. The third kappa shape index (κ3) is 3.57. The van der Waals surface area contributed by atoms with E-state index < -0.39 is 11.7 Å². The molecular weight excluding hydrogens is 273 g/mol. The third-order valence-corrected chi connectivity index (χ3v) is 2.71. The highest BCUT2D eigenvalue weighted by Crippen LogP contribution is 2.31. The van der Waals surface area contributed by atoms with Crippen molar-refractivity contribution in [2.75, 3.05) is 6.61 Å². The summed E-state index contributed by atoms with van der Waals surface area (Å²) < 4.78 is 42.8. The number of aliphatic hydroxyl groups is 1. The zero-order valence-corrected chi connectivity index (χ0v) is 10.5. The molecule has 0 bridgehead atoms. The number of aryl methyl sites for hydroxylation is 1. The first-order chi connectivity index (χ1) is 9.50. The Bertz CT molecular complexity index is 567. The molecule has 7 heteroatoms. The Labute approximate surface area is 113 Å². The highest BCUT2D eigenvalue weighted by molar-refractivity contribution is 5.55. The van der Waals surface area contributed by atoms with Crippen molar-refractivity contribution in [2.24, 2.45) is 0 Å². The molecular formula is C13H13F3N2O2. The number of benzene rings is 1. The van der Waals surface area contributed by atoms with Crippen LogP contribution in [0.3, 0.4) is 0 Å². The maximum absolute atomic E-state index is 12.6. The van der Waals surface area contributed by atoms with Crippen LogP contribution in [-0.4, -0.2) is 21.9 Å². The highest BCUT2D eigenvalue weighted by Gasteiger charge is 2.30. The largest absolute Gasteiger partial charge is 0.416 e. The van der Waals surface area contributed by atoms with Gasteiger partial charge in [0.25, 0.3) is 0 Å². The Morgan fingerprint density at radius 3 is 2.70 bits per heavy atom. The Hall–Kier alpha value is -1.89. The molecule has 0 atom stereocenters. The van der Waals surface area contributed by atoms with E-state index in [2.05, 4.69) is 10.1 Å². The van der Waals surface area contributed by atoms with Gasteiger partial charge in [-0.2, -0.15) is 18.2 Å². The van der Waals surface area contributed by atoms with Gasteiger partial charge in [-0.1, -0.05) is 17.3 Å². The Kier molecular flexibility index (Phi) is 4.39. The number of hydrogen-bond acceptors (Lipinski definition) is 4. The standard InChI is InChI=1S/C13H13F3N2O2/c14-13(15,16)10-5-3-4-9(8-10)12-17-11(20-18-12)6-1-2-7-19/h3-5,8,19H,1-2,6-7H2. The number of alkyl halides is 3. The van der Waals surface area contributed by atoms with Crippen molar-refractivity contribution >= 4 is 0 Å². The molecule has 0 aliphatic carbocycles. The molecule has 1 aromatic heterocycles. The number of aromatic nitrogens is 2. The molecule has 0 saturated heterocycles. The van der Waals surface area contributed by atoms with Crippen LogP contribution in [0.2, 0.25) is 0 Å². The van der Waals surface area contributed by atoms with Crippen LogP contribution in [0.5, 0.6) is 0 Å². The minimum atomic E-state index is -4.40. The van der Waals surface area contributed by atoms with Crippen molar-refractivity contribution in [2.45, 2.75) is 25.4 Å². The molecule has 108 valence electrons. The average molecular weight is 286 g/mol. The first-order valence-corrected chi connectivity index (χ1v) is 6.12. The second-order valence-electron chi connectivity index (χ2n) is 4.27. The first kappa shape index (κ1) is 14.5. The summed E-state index contributed by atoms with van der Waals surface area (Å²) in [5, 5.41) is 12.3. The molecule has 0 radical (unpaired) electrons. The van der Waals surface area contributed by atoms with Crippen LogP contribution in [0.25, 0.3) is 11.4 Å². The number of rotatable bonds is 5. The summed E-state index contributed by atoms with van der Waals surface area (Å²) in [6.07, 6.45) is -2.61. The Morgan fingerprint density at radius 2 is 2.00 bits per heavy atom. The lowest BCUT2D eigenvalue weighted by Crippen LogP contribution is -2.04. The molecule has 1 N–H and O–H groups in total. The summed E-state index contributed by atoms with van der Waals surface area (Å²) >= 11 is 0. The minimum absolute atomic E-state index is 0.0780. The second-order valence-corrected chi connectivity index (χ2v) is 4.27. The van der Waals surface area contributed by atoms with Gasteiger partial charge in [0.1, 0.15) is 0 Å². The lowest BCUT2D eigenvalue weighted by atomic mass is 10.1. The van der Waals surface area contributed by atoms with Crippen molar-refractivity contribution in [1.29, 1.82) is 0 Å². The number of hydrogen-bond donors (Lipinski definition) is 1. The quantitative estimate of drug-likeness (QED) is 0.858.